The lowest BCUT2D eigenvalue weighted by Gasteiger charge is -2.35. The van der Waals surface area contributed by atoms with Crippen LogP contribution in [0, 0.1) is 11.8 Å². The molecular formula is C15H29N3O3. The molecule has 0 aromatic heterocycles. The molecule has 1 rings (SSSR count). The highest BCUT2D eigenvalue weighted by atomic mass is 16.4. The third-order valence-electron chi connectivity index (χ3n) is 3.74. The van der Waals surface area contributed by atoms with Crippen molar-refractivity contribution in [3.05, 3.63) is 0 Å². The molecule has 6 nitrogen and oxygen atoms in total. The number of urea groups is 1. The predicted molar refractivity (Wildman–Crippen MR) is 82.3 cm³/mol. The van der Waals surface area contributed by atoms with Gasteiger partial charge in [0.05, 0.1) is 0 Å². The summed E-state index contributed by atoms with van der Waals surface area (Å²) in [5.41, 5.74) is 0. The average molecular weight is 299 g/mol. The second-order valence-electron chi connectivity index (χ2n) is 6.41. The smallest absolute Gasteiger partial charge is 0.317 e. The number of rotatable bonds is 7. The molecule has 1 unspecified atom stereocenters. The molecule has 2 N–H and O–H groups in total. The zero-order valence-corrected chi connectivity index (χ0v) is 13.5. The first kappa shape index (κ1) is 17.8. The molecule has 1 aliphatic rings. The van der Waals surface area contributed by atoms with Crippen LogP contribution in [0.2, 0.25) is 0 Å². The Kier molecular flexibility index (Phi) is 7.50. The van der Waals surface area contributed by atoms with Crippen LogP contribution < -0.4 is 5.32 Å². The average Bonchev–Trinajstić information content (AvgIpc) is 2.42. The number of carboxylic acids is 1. The highest BCUT2D eigenvalue weighted by Gasteiger charge is 2.21. The van der Waals surface area contributed by atoms with E-state index in [-0.39, 0.29) is 18.4 Å². The molecule has 21 heavy (non-hydrogen) atoms. The van der Waals surface area contributed by atoms with Gasteiger partial charge in [0.1, 0.15) is 0 Å². The van der Waals surface area contributed by atoms with Gasteiger partial charge in [-0.1, -0.05) is 20.8 Å². The number of hydrogen-bond acceptors (Lipinski definition) is 3. The van der Waals surface area contributed by atoms with Gasteiger partial charge >= 0.3 is 12.0 Å². The molecule has 2 amide bonds. The molecule has 122 valence electrons. The van der Waals surface area contributed by atoms with Crippen LogP contribution in [0.1, 0.15) is 33.6 Å². The minimum Gasteiger partial charge on any atom is -0.481 e. The Labute approximate surface area is 127 Å². The maximum Gasteiger partial charge on any atom is 0.317 e. The maximum absolute atomic E-state index is 12.0. The Morgan fingerprint density at radius 3 is 2.29 bits per heavy atom. The zero-order valence-electron chi connectivity index (χ0n) is 13.5. The van der Waals surface area contributed by atoms with E-state index in [1.54, 1.807) is 0 Å². The molecular weight excluding hydrogens is 270 g/mol. The van der Waals surface area contributed by atoms with Gasteiger partial charge in [-0.2, -0.15) is 0 Å². The molecule has 0 spiro atoms. The molecule has 1 heterocycles. The molecule has 1 fully saturated rings. The van der Waals surface area contributed by atoms with Crippen LogP contribution in [0.4, 0.5) is 4.79 Å². The van der Waals surface area contributed by atoms with Crippen molar-refractivity contribution in [2.75, 3.05) is 39.3 Å². The first-order valence-corrected chi connectivity index (χ1v) is 7.85. The molecule has 1 aliphatic heterocycles. The van der Waals surface area contributed by atoms with Crippen LogP contribution in [0.15, 0.2) is 0 Å². The third kappa shape index (κ3) is 7.32. The van der Waals surface area contributed by atoms with Crippen molar-refractivity contribution in [1.82, 2.24) is 15.1 Å². The van der Waals surface area contributed by atoms with E-state index in [1.165, 1.54) is 0 Å². The Hall–Kier alpha value is -1.30. The van der Waals surface area contributed by atoms with Gasteiger partial charge in [0, 0.05) is 45.7 Å². The monoisotopic (exact) mass is 299 g/mol. The summed E-state index contributed by atoms with van der Waals surface area (Å²) < 4.78 is 0. The van der Waals surface area contributed by atoms with E-state index in [0.717, 1.165) is 32.7 Å². The quantitative estimate of drug-likeness (QED) is 0.746. The number of aliphatic carboxylic acids is 1. The van der Waals surface area contributed by atoms with Gasteiger partial charge < -0.3 is 15.3 Å². The number of nitrogens with one attached hydrogen (secondary N) is 1. The minimum absolute atomic E-state index is 0.0265. The molecule has 0 aromatic rings. The van der Waals surface area contributed by atoms with Gasteiger partial charge in [0.15, 0.2) is 0 Å². The number of nitrogens with zero attached hydrogens (tertiary/aromatic N) is 2. The van der Waals surface area contributed by atoms with Crippen LogP contribution in [-0.4, -0.2) is 66.2 Å². The van der Waals surface area contributed by atoms with Crippen LogP contribution in [0.3, 0.4) is 0 Å². The van der Waals surface area contributed by atoms with E-state index < -0.39 is 5.97 Å². The number of carbonyl (C=O) groups excluding carboxylic acids is 1. The van der Waals surface area contributed by atoms with Gasteiger partial charge in [0.25, 0.3) is 0 Å². The molecule has 6 heteroatoms. The Bertz CT molecular complexity index is 339. The first-order valence-electron chi connectivity index (χ1n) is 7.85. The fraction of sp³-hybridized carbons (Fsp3) is 0.867. The molecule has 0 radical (unpaired) electrons. The van der Waals surface area contributed by atoms with Crippen molar-refractivity contribution in [3.8, 4) is 0 Å². The first-order chi connectivity index (χ1) is 9.88. The Balaban J connectivity index is 2.20. The van der Waals surface area contributed by atoms with Crippen LogP contribution in [-0.2, 0) is 4.79 Å². The number of hydrogen-bond donors (Lipinski definition) is 2. The highest BCUT2D eigenvalue weighted by Crippen LogP contribution is 2.07. The molecule has 0 saturated carbocycles. The Morgan fingerprint density at radius 2 is 1.76 bits per heavy atom. The summed E-state index contributed by atoms with van der Waals surface area (Å²) in [7, 11) is 0. The van der Waals surface area contributed by atoms with Crippen molar-refractivity contribution in [1.29, 1.82) is 0 Å². The maximum atomic E-state index is 12.0. The van der Waals surface area contributed by atoms with Crippen molar-refractivity contribution >= 4 is 12.0 Å². The molecule has 1 saturated heterocycles. The second-order valence-corrected chi connectivity index (χ2v) is 6.41. The predicted octanol–water partition coefficient (Wildman–Crippen LogP) is 1.47. The van der Waals surface area contributed by atoms with E-state index in [4.69, 9.17) is 5.11 Å². The van der Waals surface area contributed by atoms with E-state index in [0.29, 0.717) is 18.9 Å². The Morgan fingerprint density at radius 1 is 1.14 bits per heavy atom. The number of piperazine rings is 1. The SMILES string of the molecule is CC(C)CN1CCN(C(=O)NCC(C)CCC(=O)O)CC1. The van der Waals surface area contributed by atoms with Gasteiger partial charge in [-0.25, -0.2) is 4.79 Å². The summed E-state index contributed by atoms with van der Waals surface area (Å²) >= 11 is 0. The summed E-state index contributed by atoms with van der Waals surface area (Å²) in [6.07, 6.45) is 0.753. The molecule has 1 atom stereocenters. The topological polar surface area (TPSA) is 72.9 Å². The van der Waals surface area contributed by atoms with Gasteiger partial charge in [0.2, 0.25) is 0 Å². The van der Waals surface area contributed by atoms with Crippen LogP contribution in [0.25, 0.3) is 0 Å². The normalized spacial score (nSPS) is 17.8. The van der Waals surface area contributed by atoms with E-state index in [9.17, 15) is 9.59 Å². The van der Waals surface area contributed by atoms with Gasteiger partial charge in [-0.3, -0.25) is 9.69 Å². The van der Waals surface area contributed by atoms with Crippen LogP contribution in [0.5, 0.6) is 0 Å². The fourth-order valence-electron chi connectivity index (χ4n) is 2.50. The summed E-state index contributed by atoms with van der Waals surface area (Å²) in [5, 5.41) is 11.5. The van der Waals surface area contributed by atoms with Crippen molar-refractivity contribution in [2.45, 2.75) is 33.6 Å². The lowest BCUT2D eigenvalue weighted by Crippen LogP contribution is -2.52. The number of carbonyl (C=O) groups is 2. The van der Waals surface area contributed by atoms with Crippen LogP contribution >= 0.6 is 0 Å². The standard InChI is InChI=1S/C15H29N3O3/c1-12(2)11-17-6-8-18(9-7-17)15(21)16-10-13(3)4-5-14(19)20/h12-13H,4-11H2,1-3H3,(H,16,21)(H,19,20). The fourth-order valence-corrected chi connectivity index (χ4v) is 2.50. The van der Waals surface area contributed by atoms with Crippen molar-refractivity contribution in [3.63, 3.8) is 0 Å². The summed E-state index contributed by atoms with van der Waals surface area (Å²) in [6, 6.07) is -0.0265. The van der Waals surface area contributed by atoms with Crippen molar-refractivity contribution < 1.29 is 14.7 Å². The van der Waals surface area contributed by atoms with Crippen molar-refractivity contribution in [2.24, 2.45) is 11.8 Å². The second kappa shape index (κ2) is 8.87. The van der Waals surface area contributed by atoms with E-state index in [1.807, 2.05) is 11.8 Å². The summed E-state index contributed by atoms with van der Waals surface area (Å²) in [6.45, 7) is 11.4. The lowest BCUT2D eigenvalue weighted by molar-refractivity contribution is -0.137. The van der Waals surface area contributed by atoms with Gasteiger partial charge in [-0.05, 0) is 18.3 Å². The van der Waals surface area contributed by atoms with Gasteiger partial charge in [-0.15, -0.1) is 0 Å². The minimum atomic E-state index is -0.783. The van der Waals surface area contributed by atoms with E-state index >= 15 is 0 Å². The zero-order chi connectivity index (χ0) is 15.8. The number of amides is 2. The lowest BCUT2D eigenvalue weighted by atomic mass is 10.1. The largest absolute Gasteiger partial charge is 0.481 e. The number of carboxylic acid groups (broad SMARTS) is 1. The highest BCUT2D eigenvalue weighted by molar-refractivity contribution is 5.74. The summed E-state index contributed by atoms with van der Waals surface area (Å²) in [4.78, 5) is 26.8. The third-order valence-corrected chi connectivity index (χ3v) is 3.74. The molecule has 0 aliphatic carbocycles. The summed E-state index contributed by atoms with van der Waals surface area (Å²) in [5.74, 6) is 0.0576. The molecule has 0 bridgehead atoms. The van der Waals surface area contributed by atoms with E-state index in [2.05, 4.69) is 24.1 Å². The molecule has 0 aromatic carbocycles.